The Morgan fingerprint density at radius 1 is 1.27 bits per heavy atom. The monoisotopic (exact) mass is 324 g/mol. The minimum atomic E-state index is -0.214. The summed E-state index contributed by atoms with van der Waals surface area (Å²) in [4.78, 5) is 27.2. The number of halogens is 1. The Bertz CT molecular complexity index is 527. The fourth-order valence-electron chi connectivity index (χ4n) is 2.57. The van der Waals surface area contributed by atoms with E-state index in [9.17, 15) is 9.59 Å². The summed E-state index contributed by atoms with van der Waals surface area (Å²) in [5.41, 5.74) is 0.709. The van der Waals surface area contributed by atoms with Gasteiger partial charge in [0.15, 0.2) is 12.6 Å². The molecule has 0 aromatic heterocycles. The number of hydrogen-bond donors (Lipinski definition) is 2. The third-order valence-corrected chi connectivity index (χ3v) is 4.35. The van der Waals surface area contributed by atoms with Gasteiger partial charge in [-0.2, -0.15) is 0 Å². The van der Waals surface area contributed by atoms with E-state index < -0.39 is 0 Å². The molecule has 1 heterocycles. The second-order valence-electron chi connectivity index (χ2n) is 5.83. The molecule has 22 heavy (non-hydrogen) atoms. The van der Waals surface area contributed by atoms with Crippen LogP contribution in [0.25, 0.3) is 0 Å². The number of nitrogens with one attached hydrogen (secondary N) is 2. The topological polar surface area (TPSA) is 53.9 Å². The minimum Gasteiger partial charge on any atom is -0.338 e. The molecule has 5 nitrogen and oxygen atoms in total. The molecule has 6 heteroatoms. The summed E-state index contributed by atoms with van der Waals surface area (Å²) in [7, 11) is 1.88. The van der Waals surface area contributed by atoms with Crippen molar-refractivity contribution in [1.29, 1.82) is 0 Å². The van der Waals surface area contributed by atoms with Crippen molar-refractivity contribution >= 4 is 29.1 Å². The minimum absolute atomic E-state index is 0.110. The maximum atomic E-state index is 12.3. The van der Waals surface area contributed by atoms with Crippen LogP contribution in [0.2, 0.25) is 5.02 Å². The van der Waals surface area contributed by atoms with Gasteiger partial charge >= 0.3 is 0 Å². The van der Waals surface area contributed by atoms with Gasteiger partial charge in [-0.3, -0.25) is 9.59 Å². The first-order valence-electron chi connectivity index (χ1n) is 7.64. The standard InChI is InChI=1S/C16H22ClN3O2/c1-12(16(22)20-9-3-4-10-20)19(2)11-15(21)18-14-7-5-13(17)6-8-14/h5-8,12H,3-4,9-11H2,1-2H3,(H,18,21)/p+1/t12-/m0/s1. The van der Waals surface area contributed by atoms with Gasteiger partial charge in [0, 0.05) is 23.8 Å². The second kappa shape index (κ2) is 7.61. The molecule has 1 unspecified atom stereocenters. The summed E-state index contributed by atoms with van der Waals surface area (Å²) in [6.45, 7) is 3.82. The van der Waals surface area contributed by atoms with Crippen molar-refractivity contribution in [3.8, 4) is 0 Å². The molecule has 0 saturated carbocycles. The predicted molar refractivity (Wildman–Crippen MR) is 87.1 cm³/mol. The number of amides is 2. The lowest BCUT2D eigenvalue weighted by molar-refractivity contribution is -0.886. The number of nitrogens with zero attached hydrogens (tertiary/aromatic N) is 1. The fourth-order valence-corrected chi connectivity index (χ4v) is 2.69. The quantitative estimate of drug-likeness (QED) is 0.842. The first kappa shape index (κ1) is 16.8. The lowest BCUT2D eigenvalue weighted by Gasteiger charge is -2.24. The number of carbonyl (C=O) groups excluding carboxylic acids is 2. The highest BCUT2D eigenvalue weighted by atomic mass is 35.5. The van der Waals surface area contributed by atoms with Gasteiger partial charge in [-0.15, -0.1) is 0 Å². The van der Waals surface area contributed by atoms with Crippen LogP contribution in [0, 0.1) is 0 Å². The molecule has 0 aliphatic carbocycles. The van der Waals surface area contributed by atoms with Crippen LogP contribution in [0.1, 0.15) is 19.8 Å². The molecule has 1 aliphatic rings. The summed E-state index contributed by atoms with van der Waals surface area (Å²) < 4.78 is 0. The molecular formula is C16H23ClN3O2+. The van der Waals surface area contributed by atoms with Crippen LogP contribution in [0.3, 0.4) is 0 Å². The molecule has 1 aliphatic heterocycles. The Labute approximate surface area is 136 Å². The van der Waals surface area contributed by atoms with Crippen molar-refractivity contribution in [2.75, 3.05) is 32.0 Å². The zero-order chi connectivity index (χ0) is 16.1. The van der Waals surface area contributed by atoms with Gasteiger partial charge < -0.3 is 15.1 Å². The van der Waals surface area contributed by atoms with Gasteiger partial charge in [-0.1, -0.05) is 11.6 Å². The van der Waals surface area contributed by atoms with Gasteiger partial charge in [-0.05, 0) is 44.0 Å². The molecular weight excluding hydrogens is 302 g/mol. The molecule has 1 aromatic carbocycles. The van der Waals surface area contributed by atoms with E-state index in [0.29, 0.717) is 10.7 Å². The number of likely N-dealkylation sites (N-methyl/N-ethyl adjacent to an activating group) is 1. The van der Waals surface area contributed by atoms with E-state index in [0.717, 1.165) is 30.8 Å². The molecule has 1 fully saturated rings. The van der Waals surface area contributed by atoms with E-state index in [1.165, 1.54) is 0 Å². The predicted octanol–water partition coefficient (Wildman–Crippen LogP) is 0.804. The number of carbonyl (C=O) groups is 2. The number of likely N-dealkylation sites (tertiary alicyclic amines) is 1. The van der Waals surface area contributed by atoms with Crippen molar-refractivity contribution in [1.82, 2.24) is 4.90 Å². The van der Waals surface area contributed by atoms with E-state index in [-0.39, 0.29) is 24.4 Å². The van der Waals surface area contributed by atoms with Crippen molar-refractivity contribution in [3.05, 3.63) is 29.3 Å². The average Bonchev–Trinajstić information content (AvgIpc) is 3.02. The van der Waals surface area contributed by atoms with Gasteiger partial charge in [0.05, 0.1) is 7.05 Å². The SMILES string of the molecule is C[C@@H](C(=O)N1CCCC1)[NH+](C)CC(=O)Nc1ccc(Cl)cc1. The van der Waals surface area contributed by atoms with Crippen LogP contribution in [0.15, 0.2) is 24.3 Å². The number of rotatable bonds is 5. The maximum absolute atomic E-state index is 12.3. The second-order valence-corrected chi connectivity index (χ2v) is 6.27. The highest BCUT2D eigenvalue weighted by molar-refractivity contribution is 6.30. The maximum Gasteiger partial charge on any atom is 0.280 e. The van der Waals surface area contributed by atoms with Gasteiger partial charge in [0.2, 0.25) is 0 Å². The molecule has 2 N–H and O–H groups in total. The molecule has 0 radical (unpaired) electrons. The summed E-state index contributed by atoms with van der Waals surface area (Å²) in [5.74, 6) is 0.0233. The van der Waals surface area contributed by atoms with Crippen LogP contribution in [0.4, 0.5) is 5.69 Å². The van der Waals surface area contributed by atoms with E-state index in [4.69, 9.17) is 11.6 Å². The summed E-state index contributed by atoms with van der Waals surface area (Å²) in [6, 6.07) is 6.76. The van der Waals surface area contributed by atoms with E-state index in [1.807, 2.05) is 18.9 Å². The molecule has 2 atom stereocenters. The lowest BCUT2D eigenvalue weighted by Crippen LogP contribution is -3.15. The van der Waals surface area contributed by atoms with Crippen molar-refractivity contribution in [2.45, 2.75) is 25.8 Å². The first-order valence-corrected chi connectivity index (χ1v) is 8.01. The van der Waals surface area contributed by atoms with Crippen LogP contribution in [0.5, 0.6) is 0 Å². The zero-order valence-corrected chi connectivity index (χ0v) is 13.8. The Hall–Kier alpha value is -1.59. The van der Waals surface area contributed by atoms with Crippen LogP contribution in [-0.2, 0) is 9.59 Å². The van der Waals surface area contributed by atoms with Gasteiger partial charge in [-0.25, -0.2) is 0 Å². The zero-order valence-electron chi connectivity index (χ0n) is 13.1. The van der Waals surface area contributed by atoms with Crippen LogP contribution in [-0.4, -0.2) is 49.4 Å². The lowest BCUT2D eigenvalue weighted by atomic mass is 10.2. The molecule has 2 rings (SSSR count). The van der Waals surface area contributed by atoms with E-state index in [1.54, 1.807) is 24.3 Å². The third kappa shape index (κ3) is 4.45. The number of benzene rings is 1. The first-order chi connectivity index (χ1) is 10.5. The third-order valence-electron chi connectivity index (χ3n) is 4.09. The summed E-state index contributed by atoms with van der Waals surface area (Å²) in [5, 5.41) is 3.45. The van der Waals surface area contributed by atoms with Crippen molar-refractivity contribution in [2.24, 2.45) is 0 Å². The highest BCUT2D eigenvalue weighted by Crippen LogP contribution is 2.13. The van der Waals surface area contributed by atoms with Crippen molar-refractivity contribution in [3.63, 3.8) is 0 Å². The summed E-state index contributed by atoms with van der Waals surface area (Å²) in [6.07, 6.45) is 2.16. The smallest absolute Gasteiger partial charge is 0.280 e. The van der Waals surface area contributed by atoms with Gasteiger partial charge in [0.1, 0.15) is 0 Å². The fraction of sp³-hybridized carbons (Fsp3) is 0.500. The normalized spacial score (nSPS) is 17.1. The van der Waals surface area contributed by atoms with Crippen LogP contribution < -0.4 is 10.2 Å². The van der Waals surface area contributed by atoms with E-state index >= 15 is 0 Å². The van der Waals surface area contributed by atoms with E-state index in [2.05, 4.69) is 5.32 Å². The Morgan fingerprint density at radius 3 is 2.45 bits per heavy atom. The largest absolute Gasteiger partial charge is 0.338 e. The molecule has 0 bridgehead atoms. The Balaban J connectivity index is 1.84. The van der Waals surface area contributed by atoms with Gasteiger partial charge in [0.25, 0.3) is 11.8 Å². The number of hydrogen-bond acceptors (Lipinski definition) is 2. The molecule has 2 amide bonds. The van der Waals surface area contributed by atoms with Crippen LogP contribution >= 0.6 is 11.6 Å². The Kier molecular flexibility index (Phi) is 5.80. The number of anilines is 1. The summed E-state index contributed by atoms with van der Waals surface area (Å²) >= 11 is 5.81. The molecule has 120 valence electrons. The van der Waals surface area contributed by atoms with Crippen molar-refractivity contribution < 1.29 is 14.5 Å². The molecule has 0 spiro atoms. The average molecular weight is 325 g/mol. The molecule has 1 aromatic rings. The highest BCUT2D eigenvalue weighted by Gasteiger charge is 2.29. The molecule has 1 saturated heterocycles. The Morgan fingerprint density at radius 2 is 1.86 bits per heavy atom. The number of quaternary nitrogens is 1.